The monoisotopic (exact) mass is 259 g/mol. The van der Waals surface area contributed by atoms with Gasteiger partial charge >= 0.3 is 0 Å². The molecule has 0 aliphatic rings. The number of nitrogens with two attached hydrogens (primary N) is 1. The van der Waals surface area contributed by atoms with Gasteiger partial charge in [-0.2, -0.15) is 0 Å². The normalized spacial score (nSPS) is 12.8. The largest absolute Gasteiger partial charge is 0.383 e. The van der Waals surface area contributed by atoms with Gasteiger partial charge in [-0.3, -0.25) is 0 Å². The van der Waals surface area contributed by atoms with Crippen molar-refractivity contribution < 1.29 is 0 Å². The van der Waals surface area contributed by atoms with E-state index in [0.29, 0.717) is 11.9 Å². The molecular formula is C14H21N5. The SMILES string of the molecule is CC(CCN(C)C)n1cncc1-c1cccnc1N. The van der Waals surface area contributed by atoms with Crippen molar-refractivity contribution in [2.24, 2.45) is 0 Å². The van der Waals surface area contributed by atoms with Crippen LogP contribution in [0.25, 0.3) is 11.3 Å². The Morgan fingerprint density at radius 1 is 1.42 bits per heavy atom. The van der Waals surface area contributed by atoms with Gasteiger partial charge in [0.15, 0.2) is 0 Å². The molecule has 0 aromatic carbocycles. The van der Waals surface area contributed by atoms with Crippen LogP contribution in [-0.2, 0) is 0 Å². The van der Waals surface area contributed by atoms with Crippen LogP contribution in [0.4, 0.5) is 5.82 Å². The minimum atomic E-state index is 0.375. The highest BCUT2D eigenvalue weighted by Crippen LogP contribution is 2.27. The molecule has 5 nitrogen and oxygen atoms in total. The van der Waals surface area contributed by atoms with Crippen molar-refractivity contribution in [2.75, 3.05) is 26.4 Å². The third kappa shape index (κ3) is 3.12. The molecule has 0 aliphatic carbocycles. The molecule has 0 spiro atoms. The predicted molar refractivity (Wildman–Crippen MR) is 77.8 cm³/mol. The molecule has 2 rings (SSSR count). The number of anilines is 1. The number of hydrogen-bond acceptors (Lipinski definition) is 4. The maximum Gasteiger partial charge on any atom is 0.132 e. The Kier molecular flexibility index (Phi) is 4.16. The first-order valence-electron chi connectivity index (χ1n) is 6.47. The third-order valence-electron chi connectivity index (χ3n) is 3.25. The van der Waals surface area contributed by atoms with Crippen molar-refractivity contribution in [1.29, 1.82) is 0 Å². The van der Waals surface area contributed by atoms with Crippen LogP contribution in [0.1, 0.15) is 19.4 Å². The summed E-state index contributed by atoms with van der Waals surface area (Å²) in [6.07, 6.45) is 6.48. The molecule has 5 heteroatoms. The van der Waals surface area contributed by atoms with Crippen LogP contribution in [0.3, 0.4) is 0 Å². The Balaban J connectivity index is 2.25. The van der Waals surface area contributed by atoms with E-state index in [9.17, 15) is 0 Å². The Bertz CT molecular complexity index is 532. The summed E-state index contributed by atoms with van der Waals surface area (Å²) >= 11 is 0. The molecule has 0 bridgehead atoms. The molecule has 0 aliphatic heterocycles. The summed E-state index contributed by atoms with van der Waals surface area (Å²) in [6.45, 7) is 3.24. The fourth-order valence-corrected chi connectivity index (χ4v) is 2.08. The molecule has 0 saturated heterocycles. The first-order chi connectivity index (χ1) is 9.09. The minimum Gasteiger partial charge on any atom is -0.383 e. The molecule has 19 heavy (non-hydrogen) atoms. The lowest BCUT2D eigenvalue weighted by molar-refractivity contribution is 0.359. The number of nitrogen functional groups attached to an aromatic ring is 1. The van der Waals surface area contributed by atoms with Gasteiger partial charge in [0.1, 0.15) is 5.82 Å². The highest BCUT2D eigenvalue weighted by molar-refractivity contribution is 5.70. The molecule has 0 radical (unpaired) electrons. The van der Waals surface area contributed by atoms with E-state index >= 15 is 0 Å². The molecule has 0 amide bonds. The van der Waals surface area contributed by atoms with Gasteiger partial charge in [0.25, 0.3) is 0 Å². The second-order valence-electron chi connectivity index (χ2n) is 5.06. The van der Waals surface area contributed by atoms with E-state index in [1.165, 1.54) is 0 Å². The highest BCUT2D eigenvalue weighted by atomic mass is 15.1. The van der Waals surface area contributed by atoms with Crippen LogP contribution >= 0.6 is 0 Å². The zero-order valence-corrected chi connectivity index (χ0v) is 11.7. The fourth-order valence-electron chi connectivity index (χ4n) is 2.08. The average molecular weight is 259 g/mol. The van der Waals surface area contributed by atoms with Crippen molar-refractivity contribution in [2.45, 2.75) is 19.4 Å². The molecule has 2 aromatic rings. The summed E-state index contributed by atoms with van der Waals surface area (Å²) in [7, 11) is 4.17. The first-order valence-corrected chi connectivity index (χ1v) is 6.47. The van der Waals surface area contributed by atoms with E-state index in [0.717, 1.165) is 24.2 Å². The molecule has 2 N–H and O–H groups in total. The zero-order valence-electron chi connectivity index (χ0n) is 11.7. The van der Waals surface area contributed by atoms with Crippen molar-refractivity contribution in [3.05, 3.63) is 30.9 Å². The lowest BCUT2D eigenvalue weighted by Gasteiger charge is -2.19. The van der Waals surface area contributed by atoms with Crippen LogP contribution in [0.15, 0.2) is 30.9 Å². The quantitative estimate of drug-likeness (QED) is 0.892. The number of aromatic nitrogens is 3. The number of hydrogen-bond donors (Lipinski definition) is 1. The van der Waals surface area contributed by atoms with Crippen molar-refractivity contribution in [3.63, 3.8) is 0 Å². The predicted octanol–water partition coefficient (Wildman–Crippen LogP) is 2.04. The first kappa shape index (κ1) is 13.5. The Morgan fingerprint density at radius 2 is 2.21 bits per heavy atom. The Morgan fingerprint density at radius 3 is 2.89 bits per heavy atom. The van der Waals surface area contributed by atoms with E-state index in [2.05, 4.69) is 40.5 Å². The van der Waals surface area contributed by atoms with Crippen molar-refractivity contribution in [1.82, 2.24) is 19.4 Å². The second kappa shape index (κ2) is 5.84. The summed E-state index contributed by atoms with van der Waals surface area (Å²) < 4.78 is 2.16. The van der Waals surface area contributed by atoms with Gasteiger partial charge in [-0.25, -0.2) is 9.97 Å². The standard InChI is InChI=1S/C14H21N5/c1-11(6-8-18(2)3)19-10-16-9-13(19)12-5-4-7-17-14(12)15/h4-5,7,9-11H,6,8H2,1-3H3,(H2,15,17). The molecule has 1 unspecified atom stereocenters. The summed E-state index contributed by atoms with van der Waals surface area (Å²) in [5, 5.41) is 0. The van der Waals surface area contributed by atoms with Gasteiger partial charge in [0.05, 0.1) is 18.2 Å². The van der Waals surface area contributed by atoms with Crippen molar-refractivity contribution >= 4 is 5.82 Å². The maximum absolute atomic E-state index is 5.94. The van der Waals surface area contributed by atoms with Gasteiger partial charge in [-0.05, 0) is 46.1 Å². The topological polar surface area (TPSA) is 60.0 Å². The van der Waals surface area contributed by atoms with Crippen molar-refractivity contribution in [3.8, 4) is 11.3 Å². The summed E-state index contributed by atoms with van der Waals surface area (Å²) in [5.74, 6) is 0.545. The maximum atomic E-state index is 5.94. The summed E-state index contributed by atoms with van der Waals surface area (Å²) in [6, 6.07) is 4.25. The molecule has 0 fully saturated rings. The summed E-state index contributed by atoms with van der Waals surface area (Å²) in [5.41, 5.74) is 7.91. The van der Waals surface area contributed by atoms with Crippen LogP contribution < -0.4 is 5.73 Å². The van der Waals surface area contributed by atoms with E-state index in [4.69, 9.17) is 5.73 Å². The number of rotatable bonds is 5. The van der Waals surface area contributed by atoms with E-state index < -0.39 is 0 Å². The number of imidazole rings is 1. The lowest BCUT2D eigenvalue weighted by Crippen LogP contribution is -2.17. The van der Waals surface area contributed by atoms with Crippen LogP contribution in [-0.4, -0.2) is 40.1 Å². The molecule has 1 atom stereocenters. The second-order valence-corrected chi connectivity index (χ2v) is 5.06. The van der Waals surface area contributed by atoms with Crippen LogP contribution in [0.5, 0.6) is 0 Å². The zero-order chi connectivity index (χ0) is 13.8. The lowest BCUT2D eigenvalue weighted by atomic mass is 10.1. The third-order valence-corrected chi connectivity index (χ3v) is 3.25. The van der Waals surface area contributed by atoms with E-state index in [1.54, 1.807) is 6.20 Å². The molecule has 2 aromatic heterocycles. The van der Waals surface area contributed by atoms with E-state index in [-0.39, 0.29) is 0 Å². The number of nitrogens with zero attached hydrogens (tertiary/aromatic N) is 4. The van der Waals surface area contributed by atoms with E-state index in [1.807, 2.05) is 24.7 Å². The smallest absolute Gasteiger partial charge is 0.132 e. The van der Waals surface area contributed by atoms with Gasteiger partial charge in [-0.15, -0.1) is 0 Å². The van der Waals surface area contributed by atoms with Crippen LogP contribution in [0.2, 0.25) is 0 Å². The van der Waals surface area contributed by atoms with Gasteiger partial charge in [-0.1, -0.05) is 0 Å². The minimum absolute atomic E-state index is 0.375. The molecule has 2 heterocycles. The fraction of sp³-hybridized carbons (Fsp3) is 0.429. The highest BCUT2D eigenvalue weighted by Gasteiger charge is 2.13. The number of pyridine rings is 1. The Labute approximate surface area is 114 Å². The Hall–Kier alpha value is -1.88. The average Bonchev–Trinajstić information content (AvgIpc) is 2.85. The van der Waals surface area contributed by atoms with Gasteiger partial charge < -0.3 is 15.2 Å². The van der Waals surface area contributed by atoms with Gasteiger partial charge in [0, 0.05) is 17.8 Å². The molecular weight excluding hydrogens is 238 g/mol. The molecule has 0 saturated carbocycles. The van der Waals surface area contributed by atoms with Crippen LogP contribution in [0, 0.1) is 0 Å². The van der Waals surface area contributed by atoms with Gasteiger partial charge in [0.2, 0.25) is 0 Å². The summed E-state index contributed by atoms with van der Waals surface area (Å²) in [4.78, 5) is 10.6. The molecule has 102 valence electrons.